The van der Waals surface area contributed by atoms with Crippen molar-refractivity contribution in [2.24, 2.45) is 5.73 Å². The maximum absolute atomic E-state index is 11.9. The van der Waals surface area contributed by atoms with Gasteiger partial charge in [0.1, 0.15) is 0 Å². The predicted molar refractivity (Wildman–Crippen MR) is 101 cm³/mol. The van der Waals surface area contributed by atoms with Crippen molar-refractivity contribution in [1.29, 1.82) is 0 Å². The molecule has 0 radical (unpaired) electrons. The first-order valence-electron chi connectivity index (χ1n) is 7.29. The van der Waals surface area contributed by atoms with E-state index in [1.54, 1.807) is 18.2 Å². The molecule has 8 nitrogen and oxygen atoms in total. The van der Waals surface area contributed by atoms with E-state index in [1.807, 2.05) is 0 Å². The number of nitrogens with two attached hydrogens (primary N) is 1. The van der Waals surface area contributed by atoms with Gasteiger partial charge in [-0.1, -0.05) is 6.07 Å². The van der Waals surface area contributed by atoms with Crippen LogP contribution in [0.5, 0.6) is 0 Å². The molecular formula is C17H14N4O4S. The molecule has 0 aromatic heterocycles. The molecule has 0 atom stereocenters. The lowest BCUT2D eigenvalue weighted by molar-refractivity contribution is -0.384. The highest BCUT2D eigenvalue weighted by molar-refractivity contribution is 7.80. The van der Waals surface area contributed by atoms with E-state index in [0.29, 0.717) is 16.8 Å². The van der Waals surface area contributed by atoms with E-state index < -0.39 is 16.7 Å². The minimum atomic E-state index is -0.574. The molecule has 0 aliphatic heterocycles. The standard InChI is InChI=1S/C17H14N4O4S/c18-16(23)12-2-1-3-13(10-12)19-17(26)20-15(22)9-6-11-4-7-14(8-5-11)21(24)25/h1-10H,(H2,18,23)(H2,19,20,22,26)/b9-6+. The Morgan fingerprint density at radius 3 is 2.46 bits per heavy atom. The van der Waals surface area contributed by atoms with Gasteiger partial charge in [-0.25, -0.2) is 0 Å². The zero-order valence-corrected chi connectivity index (χ0v) is 14.2. The molecule has 0 aliphatic carbocycles. The molecule has 0 bridgehead atoms. The van der Waals surface area contributed by atoms with Gasteiger partial charge in [-0.3, -0.25) is 25.0 Å². The van der Waals surface area contributed by atoms with Crippen molar-refractivity contribution in [3.05, 3.63) is 75.8 Å². The SMILES string of the molecule is NC(=O)c1cccc(NC(=S)NC(=O)/C=C/c2ccc([N+](=O)[O-])cc2)c1. The van der Waals surface area contributed by atoms with Crippen LogP contribution in [0.15, 0.2) is 54.6 Å². The van der Waals surface area contributed by atoms with Crippen molar-refractivity contribution >= 4 is 46.6 Å². The van der Waals surface area contributed by atoms with Gasteiger partial charge in [-0.05, 0) is 54.2 Å². The lowest BCUT2D eigenvalue weighted by atomic mass is 10.2. The number of hydrogen-bond donors (Lipinski definition) is 3. The van der Waals surface area contributed by atoms with Gasteiger partial charge in [0.25, 0.3) is 5.69 Å². The minimum absolute atomic E-state index is 0.0322. The Hall–Kier alpha value is -3.59. The molecule has 0 unspecified atom stereocenters. The fraction of sp³-hybridized carbons (Fsp3) is 0. The Bertz CT molecular complexity index is 894. The van der Waals surface area contributed by atoms with Gasteiger partial charge in [0, 0.05) is 29.5 Å². The summed E-state index contributed by atoms with van der Waals surface area (Å²) in [6, 6.07) is 12.1. The molecule has 0 saturated heterocycles. The van der Waals surface area contributed by atoms with Crippen molar-refractivity contribution in [2.75, 3.05) is 5.32 Å². The summed E-state index contributed by atoms with van der Waals surface area (Å²) >= 11 is 5.03. The lowest BCUT2D eigenvalue weighted by Gasteiger charge is -2.08. The largest absolute Gasteiger partial charge is 0.366 e. The average Bonchev–Trinajstić information content (AvgIpc) is 2.60. The summed E-state index contributed by atoms with van der Waals surface area (Å²) in [6.07, 6.45) is 2.74. The first kappa shape index (κ1) is 18.7. The third-order valence-electron chi connectivity index (χ3n) is 3.17. The number of hydrogen-bond acceptors (Lipinski definition) is 5. The van der Waals surface area contributed by atoms with Crippen LogP contribution in [0.1, 0.15) is 15.9 Å². The summed E-state index contributed by atoms with van der Waals surface area (Å²) in [7, 11) is 0. The third kappa shape index (κ3) is 5.49. The molecule has 26 heavy (non-hydrogen) atoms. The number of non-ortho nitro benzene ring substituents is 1. The van der Waals surface area contributed by atoms with Crippen LogP contribution < -0.4 is 16.4 Å². The zero-order chi connectivity index (χ0) is 19.1. The Morgan fingerprint density at radius 1 is 1.15 bits per heavy atom. The summed E-state index contributed by atoms with van der Waals surface area (Å²) in [6.45, 7) is 0. The number of carbonyl (C=O) groups excluding carboxylic acids is 2. The number of nitrogens with zero attached hydrogens (tertiary/aromatic N) is 1. The number of rotatable bonds is 5. The Balaban J connectivity index is 1.92. The average molecular weight is 370 g/mol. The van der Waals surface area contributed by atoms with Gasteiger partial charge in [-0.2, -0.15) is 0 Å². The monoisotopic (exact) mass is 370 g/mol. The van der Waals surface area contributed by atoms with Crippen LogP contribution >= 0.6 is 12.2 Å². The highest BCUT2D eigenvalue weighted by Crippen LogP contribution is 2.13. The summed E-state index contributed by atoms with van der Waals surface area (Å²) < 4.78 is 0. The van der Waals surface area contributed by atoms with Gasteiger partial charge in [0.05, 0.1) is 4.92 Å². The lowest BCUT2D eigenvalue weighted by Crippen LogP contribution is -2.32. The minimum Gasteiger partial charge on any atom is -0.366 e. The molecule has 0 spiro atoms. The normalized spacial score (nSPS) is 10.3. The van der Waals surface area contributed by atoms with Gasteiger partial charge in [0.2, 0.25) is 11.8 Å². The van der Waals surface area contributed by atoms with Crippen molar-refractivity contribution in [1.82, 2.24) is 5.32 Å². The fourth-order valence-corrected chi connectivity index (χ4v) is 2.16. The van der Waals surface area contributed by atoms with E-state index >= 15 is 0 Å². The second-order valence-corrected chi connectivity index (χ2v) is 5.48. The summed E-state index contributed by atoms with van der Waals surface area (Å²) in [5.41, 5.74) is 6.60. The Morgan fingerprint density at radius 2 is 1.85 bits per heavy atom. The van der Waals surface area contributed by atoms with Gasteiger partial charge < -0.3 is 11.1 Å². The van der Waals surface area contributed by atoms with E-state index in [0.717, 1.165) is 0 Å². The number of nitro groups is 1. The Kier molecular flexibility index (Phi) is 6.12. The van der Waals surface area contributed by atoms with Crippen molar-refractivity contribution < 1.29 is 14.5 Å². The predicted octanol–water partition coefficient (Wildman–Crippen LogP) is 2.22. The number of thiocarbonyl (C=S) groups is 1. The maximum atomic E-state index is 11.9. The molecule has 4 N–H and O–H groups in total. The van der Waals surface area contributed by atoms with Crippen LogP contribution in [0.25, 0.3) is 6.08 Å². The molecule has 0 saturated carbocycles. The number of benzene rings is 2. The van der Waals surface area contributed by atoms with Crippen molar-refractivity contribution in [3.8, 4) is 0 Å². The maximum Gasteiger partial charge on any atom is 0.269 e. The van der Waals surface area contributed by atoms with E-state index in [2.05, 4.69) is 10.6 Å². The fourth-order valence-electron chi connectivity index (χ4n) is 1.95. The summed E-state index contributed by atoms with van der Waals surface area (Å²) in [4.78, 5) is 33.1. The molecule has 9 heteroatoms. The molecule has 0 aliphatic rings. The highest BCUT2D eigenvalue weighted by atomic mass is 32.1. The molecule has 2 amide bonds. The third-order valence-corrected chi connectivity index (χ3v) is 3.38. The summed E-state index contributed by atoms with van der Waals surface area (Å²) in [5.74, 6) is -1.05. The first-order valence-corrected chi connectivity index (χ1v) is 7.70. The molecule has 132 valence electrons. The molecule has 2 aromatic rings. The topological polar surface area (TPSA) is 127 Å². The summed E-state index contributed by atoms with van der Waals surface area (Å²) in [5, 5.41) is 15.8. The van der Waals surface area contributed by atoms with E-state index in [-0.39, 0.29) is 10.8 Å². The molecule has 2 rings (SSSR count). The van der Waals surface area contributed by atoms with E-state index in [1.165, 1.54) is 42.5 Å². The number of nitro benzene ring substituents is 1. The van der Waals surface area contributed by atoms with E-state index in [4.69, 9.17) is 18.0 Å². The van der Waals surface area contributed by atoms with Crippen LogP contribution in [0.3, 0.4) is 0 Å². The van der Waals surface area contributed by atoms with Crippen LogP contribution in [-0.2, 0) is 4.79 Å². The van der Waals surface area contributed by atoms with Crippen LogP contribution in [0, 0.1) is 10.1 Å². The first-order chi connectivity index (χ1) is 12.3. The quantitative estimate of drug-likeness (QED) is 0.320. The van der Waals surface area contributed by atoms with Gasteiger partial charge in [0.15, 0.2) is 5.11 Å². The number of anilines is 1. The second-order valence-electron chi connectivity index (χ2n) is 5.07. The highest BCUT2D eigenvalue weighted by Gasteiger charge is 2.05. The number of primary amides is 1. The zero-order valence-electron chi connectivity index (χ0n) is 13.3. The van der Waals surface area contributed by atoms with Crippen molar-refractivity contribution in [3.63, 3.8) is 0 Å². The van der Waals surface area contributed by atoms with E-state index in [9.17, 15) is 19.7 Å². The molecule has 0 fully saturated rings. The van der Waals surface area contributed by atoms with Crippen LogP contribution in [-0.4, -0.2) is 21.9 Å². The smallest absolute Gasteiger partial charge is 0.269 e. The molecule has 0 heterocycles. The van der Waals surface area contributed by atoms with Crippen molar-refractivity contribution in [2.45, 2.75) is 0 Å². The van der Waals surface area contributed by atoms with Crippen LogP contribution in [0.2, 0.25) is 0 Å². The number of nitrogens with one attached hydrogen (secondary N) is 2. The number of carbonyl (C=O) groups is 2. The Labute approximate surface area is 153 Å². The molecule has 2 aromatic carbocycles. The van der Waals surface area contributed by atoms with Gasteiger partial charge >= 0.3 is 0 Å². The number of amides is 2. The second kappa shape index (κ2) is 8.49. The molecular weight excluding hydrogens is 356 g/mol. The van der Waals surface area contributed by atoms with Gasteiger partial charge in [-0.15, -0.1) is 0 Å². The van der Waals surface area contributed by atoms with Crippen LogP contribution in [0.4, 0.5) is 11.4 Å².